The molecule has 1 heterocycles. The first-order valence-electron chi connectivity index (χ1n) is 7.56. The van der Waals surface area contributed by atoms with E-state index >= 15 is 0 Å². The van der Waals surface area contributed by atoms with Gasteiger partial charge in [0, 0.05) is 0 Å². The van der Waals surface area contributed by atoms with Crippen LogP contribution in [0.3, 0.4) is 0 Å². The predicted molar refractivity (Wildman–Crippen MR) is 84.4 cm³/mol. The van der Waals surface area contributed by atoms with Crippen molar-refractivity contribution in [2.75, 3.05) is 0 Å². The van der Waals surface area contributed by atoms with E-state index in [1.807, 2.05) is 20.8 Å². The van der Waals surface area contributed by atoms with Crippen molar-refractivity contribution in [3.8, 4) is 0 Å². The molecule has 0 spiro atoms. The lowest BCUT2D eigenvalue weighted by Crippen LogP contribution is -2.38. The van der Waals surface area contributed by atoms with Crippen LogP contribution >= 0.6 is 0 Å². The van der Waals surface area contributed by atoms with Gasteiger partial charge >= 0.3 is 6.09 Å². The normalized spacial score (nSPS) is 13.5. The molecular weight excluding hydrogens is 316 g/mol. The molecule has 1 aromatic rings. The Morgan fingerprint density at radius 1 is 1.00 bits per heavy atom. The molecule has 10 nitrogen and oxygen atoms in total. The zero-order chi connectivity index (χ0) is 18.4. The number of hydrogen-bond donors (Lipinski definition) is 3. The summed E-state index contributed by atoms with van der Waals surface area (Å²) in [5.74, 6) is 0.531. The zero-order valence-corrected chi connectivity index (χ0v) is 15.0. The Labute approximate surface area is 141 Å². The molecule has 10 heteroatoms. The van der Waals surface area contributed by atoms with Gasteiger partial charge in [-0.2, -0.15) is 0 Å². The van der Waals surface area contributed by atoms with E-state index in [1.54, 1.807) is 20.8 Å². The second-order valence-electron chi connectivity index (χ2n) is 7.05. The first kappa shape index (κ1) is 20.1. The van der Waals surface area contributed by atoms with Gasteiger partial charge in [0.05, 0.1) is 18.7 Å². The van der Waals surface area contributed by atoms with Crippen LogP contribution in [0.1, 0.15) is 53.2 Å². The van der Waals surface area contributed by atoms with Crippen molar-refractivity contribution in [1.82, 2.24) is 31.0 Å². The van der Waals surface area contributed by atoms with E-state index < -0.39 is 23.7 Å². The van der Waals surface area contributed by atoms with E-state index in [9.17, 15) is 9.90 Å². The maximum atomic E-state index is 11.5. The molecule has 0 aromatic carbocycles. The molecule has 1 rings (SSSR count). The number of aliphatic hydroxyl groups excluding tert-OH is 1. The standard InChI is InChI=1S/C14H26N6O4/c1-13(2,3)23-11(21)15-7-9-17-19-10(20-18-9)8-16-12(22)24-14(4,5)6/h11,15,21H,7-8H2,1-6H3,(H,16,22). The monoisotopic (exact) mass is 342 g/mol. The van der Waals surface area contributed by atoms with Crippen LogP contribution in [0.2, 0.25) is 0 Å². The first-order valence-corrected chi connectivity index (χ1v) is 7.56. The van der Waals surface area contributed by atoms with Gasteiger partial charge in [0.2, 0.25) is 6.41 Å². The number of nitrogens with one attached hydrogen (secondary N) is 2. The van der Waals surface area contributed by atoms with E-state index in [4.69, 9.17) is 9.47 Å². The highest BCUT2D eigenvalue weighted by Crippen LogP contribution is 2.08. The molecule has 0 aliphatic rings. The Kier molecular flexibility index (Phi) is 6.93. The van der Waals surface area contributed by atoms with Gasteiger partial charge in [-0.1, -0.05) is 0 Å². The molecule has 3 N–H and O–H groups in total. The number of carbonyl (C=O) groups is 1. The number of ether oxygens (including phenoxy) is 2. The van der Waals surface area contributed by atoms with Crippen molar-refractivity contribution in [1.29, 1.82) is 0 Å². The van der Waals surface area contributed by atoms with Gasteiger partial charge in [-0.3, -0.25) is 5.32 Å². The van der Waals surface area contributed by atoms with E-state index in [0.717, 1.165) is 0 Å². The molecule has 24 heavy (non-hydrogen) atoms. The van der Waals surface area contributed by atoms with E-state index in [2.05, 4.69) is 31.0 Å². The van der Waals surface area contributed by atoms with Gasteiger partial charge in [-0.25, -0.2) is 4.79 Å². The fourth-order valence-corrected chi connectivity index (χ4v) is 1.43. The fourth-order valence-electron chi connectivity index (χ4n) is 1.43. The highest BCUT2D eigenvalue weighted by atomic mass is 16.6. The topological polar surface area (TPSA) is 131 Å². The summed E-state index contributed by atoms with van der Waals surface area (Å²) in [4.78, 5) is 11.5. The number of aliphatic hydroxyl groups is 1. The van der Waals surface area contributed by atoms with Crippen LogP contribution in [-0.2, 0) is 22.6 Å². The first-order chi connectivity index (χ1) is 10.9. The van der Waals surface area contributed by atoms with Crippen LogP contribution in [0.5, 0.6) is 0 Å². The second kappa shape index (κ2) is 8.27. The third kappa shape index (κ3) is 9.28. The van der Waals surface area contributed by atoms with Crippen LogP contribution < -0.4 is 10.6 Å². The van der Waals surface area contributed by atoms with Crippen LogP contribution in [0.25, 0.3) is 0 Å². The summed E-state index contributed by atoms with van der Waals surface area (Å²) in [6.45, 7) is 11.0. The number of amides is 1. The molecule has 0 aliphatic heterocycles. The van der Waals surface area contributed by atoms with Crippen molar-refractivity contribution in [2.24, 2.45) is 0 Å². The highest BCUT2D eigenvalue weighted by Gasteiger charge is 2.17. The maximum absolute atomic E-state index is 11.5. The zero-order valence-electron chi connectivity index (χ0n) is 15.0. The Morgan fingerprint density at radius 2 is 1.50 bits per heavy atom. The predicted octanol–water partition coefficient (Wildman–Crippen LogP) is 0.472. The van der Waals surface area contributed by atoms with Crippen molar-refractivity contribution in [3.05, 3.63) is 11.6 Å². The average molecular weight is 342 g/mol. The fraction of sp³-hybridized carbons (Fsp3) is 0.786. The summed E-state index contributed by atoms with van der Waals surface area (Å²) >= 11 is 0. The third-order valence-electron chi connectivity index (χ3n) is 2.25. The molecule has 0 bridgehead atoms. The molecule has 0 saturated heterocycles. The SMILES string of the molecule is CC(C)(C)OC(=O)NCc1nnc(CNC(O)OC(C)(C)C)nn1. The number of carbonyl (C=O) groups excluding carboxylic acids is 1. The molecule has 0 fully saturated rings. The average Bonchev–Trinajstić information content (AvgIpc) is 2.40. The molecule has 136 valence electrons. The molecular formula is C14H26N6O4. The summed E-state index contributed by atoms with van der Waals surface area (Å²) in [5, 5.41) is 30.2. The third-order valence-corrected chi connectivity index (χ3v) is 2.25. The highest BCUT2D eigenvalue weighted by molar-refractivity contribution is 5.67. The Balaban J connectivity index is 2.39. The lowest BCUT2D eigenvalue weighted by atomic mass is 10.2. The maximum Gasteiger partial charge on any atom is 0.408 e. The number of rotatable bonds is 6. The molecule has 1 aromatic heterocycles. The van der Waals surface area contributed by atoms with Gasteiger partial charge in [-0.05, 0) is 41.5 Å². The van der Waals surface area contributed by atoms with Crippen molar-refractivity contribution >= 4 is 6.09 Å². The Morgan fingerprint density at radius 3 is 1.96 bits per heavy atom. The Hall–Kier alpha value is -1.91. The largest absolute Gasteiger partial charge is 0.444 e. The number of hydrogen-bond acceptors (Lipinski definition) is 9. The lowest BCUT2D eigenvalue weighted by Gasteiger charge is -2.24. The lowest BCUT2D eigenvalue weighted by molar-refractivity contribution is -0.182. The number of nitrogens with zero attached hydrogens (tertiary/aromatic N) is 4. The minimum atomic E-state index is -1.15. The molecule has 1 amide bonds. The summed E-state index contributed by atoms with van der Waals surface area (Å²) in [7, 11) is 0. The second-order valence-corrected chi connectivity index (χ2v) is 7.05. The van der Waals surface area contributed by atoms with Crippen LogP contribution in [0.4, 0.5) is 4.79 Å². The van der Waals surface area contributed by atoms with Gasteiger partial charge in [-0.15, -0.1) is 20.4 Å². The van der Waals surface area contributed by atoms with Crippen LogP contribution in [0, 0.1) is 0 Å². The molecule has 0 saturated carbocycles. The minimum absolute atomic E-state index is 0.0540. The van der Waals surface area contributed by atoms with Gasteiger partial charge in [0.1, 0.15) is 5.60 Å². The number of aromatic nitrogens is 4. The van der Waals surface area contributed by atoms with Crippen molar-refractivity contribution in [2.45, 2.75) is 72.2 Å². The summed E-state index contributed by atoms with van der Waals surface area (Å²) < 4.78 is 10.4. The van der Waals surface area contributed by atoms with E-state index in [0.29, 0.717) is 0 Å². The molecule has 1 unspecified atom stereocenters. The molecule has 0 aliphatic carbocycles. The molecule has 0 radical (unpaired) electrons. The smallest absolute Gasteiger partial charge is 0.408 e. The summed E-state index contributed by atoms with van der Waals surface area (Å²) in [6.07, 6.45) is -1.72. The van der Waals surface area contributed by atoms with Crippen LogP contribution in [-0.4, -0.2) is 49.2 Å². The van der Waals surface area contributed by atoms with E-state index in [-0.39, 0.29) is 24.7 Å². The number of alkyl carbamates (subject to hydrolysis) is 1. The van der Waals surface area contributed by atoms with Crippen molar-refractivity contribution < 1.29 is 19.4 Å². The minimum Gasteiger partial charge on any atom is -0.444 e. The van der Waals surface area contributed by atoms with Gasteiger partial charge in [0.25, 0.3) is 0 Å². The van der Waals surface area contributed by atoms with Crippen LogP contribution in [0.15, 0.2) is 0 Å². The van der Waals surface area contributed by atoms with Crippen molar-refractivity contribution in [3.63, 3.8) is 0 Å². The summed E-state index contributed by atoms with van der Waals surface area (Å²) in [5.41, 5.74) is -1.06. The van der Waals surface area contributed by atoms with E-state index in [1.165, 1.54) is 0 Å². The summed E-state index contributed by atoms with van der Waals surface area (Å²) in [6, 6.07) is 0. The van der Waals surface area contributed by atoms with Gasteiger partial charge in [0.15, 0.2) is 11.6 Å². The quantitative estimate of drug-likeness (QED) is 0.631. The van der Waals surface area contributed by atoms with Gasteiger partial charge < -0.3 is 19.9 Å². The Bertz CT molecular complexity index is 524. The molecule has 1 atom stereocenters.